The van der Waals surface area contributed by atoms with Gasteiger partial charge in [0.05, 0.1) is 19.7 Å². The van der Waals surface area contributed by atoms with Crippen molar-refractivity contribution < 1.29 is 4.74 Å². The van der Waals surface area contributed by atoms with Gasteiger partial charge >= 0.3 is 0 Å². The van der Waals surface area contributed by atoms with E-state index in [0.717, 1.165) is 40.9 Å². The second-order valence-corrected chi connectivity index (χ2v) is 6.13. The molecule has 150 valence electrons. The summed E-state index contributed by atoms with van der Waals surface area (Å²) in [5.74, 6) is 2.51. The van der Waals surface area contributed by atoms with Gasteiger partial charge in [-0.25, -0.2) is 4.99 Å². The van der Waals surface area contributed by atoms with Gasteiger partial charge in [-0.15, -0.1) is 34.2 Å². The van der Waals surface area contributed by atoms with E-state index in [1.54, 1.807) is 0 Å². The number of nitrogens with one attached hydrogen (secondary N) is 2. The Bertz CT molecular complexity index is 924. The van der Waals surface area contributed by atoms with Crippen molar-refractivity contribution in [1.29, 1.82) is 0 Å². The largest absolute Gasteiger partial charge is 0.494 e. The molecule has 0 aliphatic rings. The van der Waals surface area contributed by atoms with Crippen LogP contribution >= 0.6 is 24.0 Å². The standard InChI is InChI=1S/C20H26N6O.HI/c1-4-21-20(22-13-16-9-10-17(27-5-2)15(3)12-16)23-14-19-25-24-18-8-6-7-11-26(18)19;/h6-12H,4-5,13-14H2,1-3H3,(H2,21,22,23);1H. The lowest BCUT2D eigenvalue weighted by molar-refractivity contribution is 0.338. The predicted octanol–water partition coefficient (Wildman–Crippen LogP) is 3.31. The lowest BCUT2D eigenvalue weighted by Crippen LogP contribution is -2.37. The molecule has 0 radical (unpaired) electrons. The summed E-state index contributed by atoms with van der Waals surface area (Å²) in [5, 5.41) is 15.0. The van der Waals surface area contributed by atoms with Crippen molar-refractivity contribution >= 4 is 35.6 Å². The Morgan fingerprint density at radius 3 is 2.75 bits per heavy atom. The van der Waals surface area contributed by atoms with Gasteiger partial charge in [0, 0.05) is 12.7 Å². The highest BCUT2D eigenvalue weighted by Gasteiger charge is 2.06. The van der Waals surface area contributed by atoms with Gasteiger partial charge in [0.2, 0.25) is 0 Å². The van der Waals surface area contributed by atoms with E-state index in [0.29, 0.717) is 19.7 Å². The van der Waals surface area contributed by atoms with E-state index >= 15 is 0 Å². The number of pyridine rings is 1. The highest BCUT2D eigenvalue weighted by atomic mass is 127. The zero-order chi connectivity index (χ0) is 19.1. The normalized spacial score (nSPS) is 11.2. The highest BCUT2D eigenvalue weighted by molar-refractivity contribution is 14.0. The molecule has 8 heteroatoms. The van der Waals surface area contributed by atoms with Crippen molar-refractivity contribution in [3.8, 4) is 5.75 Å². The fourth-order valence-electron chi connectivity index (χ4n) is 2.81. The second kappa shape index (κ2) is 10.8. The van der Waals surface area contributed by atoms with Crippen LogP contribution in [0.2, 0.25) is 0 Å². The van der Waals surface area contributed by atoms with Crippen LogP contribution in [-0.2, 0) is 13.1 Å². The van der Waals surface area contributed by atoms with Crippen LogP contribution in [0.15, 0.2) is 47.6 Å². The lowest BCUT2D eigenvalue weighted by atomic mass is 10.1. The van der Waals surface area contributed by atoms with Gasteiger partial charge < -0.3 is 15.4 Å². The molecule has 0 atom stereocenters. The molecule has 2 aromatic heterocycles. The van der Waals surface area contributed by atoms with E-state index in [4.69, 9.17) is 4.74 Å². The van der Waals surface area contributed by atoms with Crippen LogP contribution in [0.1, 0.15) is 30.8 Å². The van der Waals surface area contributed by atoms with Gasteiger partial charge in [0.25, 0.3) is 0 Å². The maximum atomic E-state index is 5.60. The van der Waals surface area contributed by atoms with E-state index in [2.05, 4.69) is 44.9 Å². The molecule has 2 heterocycles. The Kier molecular flexibility index (Phi) is 8.49. The maximum absolute atomic E-state index is 5.60. The first-order chi connectivity index (χ1) is 13.2. The summed E-state index contributed by atoms with van der Waals surface area (Å²) in [6.45, 7) is 8.68. The number of aliphatic imine (C=N–C) groups is 1. The summed E-state index contributed by atoms with van der Waals surface area (Å²) in [4.78, 5) is 4.68. The predicted molar refractivity (Wildman–Crippen MR) is 122 cm³/mol. The van der Waals surface area contributed by atoms with Crippen LogP contribution in [0.3, 0.4) is 0 Å². The van der Waals surface area contributed by atoms with Crippen LogP contribution in [0, 0.1) is 6.92 Å². The van der Waals surface area contributed by atoms with Gasteiger partial charge in [0.1, 0.15) is 5.75 Å². The summed E-state index contributed by atoms with van der Waals surface area (Å²) < 4.78 is 7.56. The molecule has 2 N–H and O–H groups in total. The van der Waals surface area contributed by atoms with Crippen molar-refractivity contribution in [1.82, 2.24) is 25.2 Å². The molecule has 0 bridgehead atoms. The van der Waals surface area contributed by atoms with Crippen LogP contribution in [0.5, 0.6) is 5.75 Å². The number of hydrogen-bond acceptors (Lipinski definition) is 4. The first-order valence-electron chi connectivity index (χ1n) is 9.24. The van der Waals surface area contributed by atoms with E-state index in [1.807, 2.05) is 48.7 Å². The highest BCUT2D eigenvalue weighted by Crippen LogP contribution is 2.19. The lowest BCUT2D eigenvalue weighted by Gasteiger charge is -2.11. The first-order valence-corrected chi connectivity index (χ1v) is 9.24. The molecule has 3 aromatic rings. The monoisotopic (exact) mass is 494 g/mol. The minimum atomic E-state index is 0. The molecule has 1 aromatic carbocycles. The minimum absolute atomic E-state index is 0. The molecular formula is C20H27IN6O. The third kappa shape index (κ3) is 5.57. The van der Waals surface area contributed by atoms with Gasteiger partial charge in [0.15, 0.2) is 17.4 Å². The van der Waals surface area contributed by atoms with Crippen LogP contribution < -0.4 is 15.4 Å². The smallest absolute Gasteiger partial charge is 0.191 e. The Morgan fingerprint density at radius 2 is 2.00 bits per heavy atom. The SMILES string of the molecule is CCNC(=NCc1ccc(OCC)c(C)c1)NCc1nnc2ccccn12.I. The fourth-order valence-corrected chi connectivity index (χ4v) is 2.81. The number of aromatic nitrogens is 3. The quantitative estimate of drug-likeness (QED) is 0.300. The van der Waals surface area contributed by atoms with Crippen LogP contribution in [0.4, 0.5) is 0 Å². The molecule has 0 aliphatic carbocycles. The van der Waals surface area contributed by atoms with Gasteiger partial charge in [-0.3, -0.25) is 4.40 Å². The number of rotatable bonds is 7. The average Bonchev–Trinajstić information content (AvgIpc) is 3.09. The summed E-state index contributed by atoms with van der Waals surface area (Å²) in [6, 6.07) is 12.0. The average molecular weight is 494 g/mol. The number of hydrogen-bond donors (Lipinski definition) is 2. The number of ether oxygens (including phenoxy) is 1. The summed E-state index contributed by atoms with van der Waals surface area (Å²) in [6.07, 6.45) is 1.96. The van der Waals surface area contributed by atoms with E-state index < -0.39 is 0 Å². The molecule has 28 heavy (non-hydrogen) atoms. The molecule has 0 spiro atoms. The van der Waals surface area contributed by atoms with Crippen molar-refractivity contribution in [3.63, 3.8) is 0 Å². The zero-order valence-electron chi connectivity index (χ0n) is 16.5. The number of aryl methyl sites for hydroxylation is 1. The number of benzene rings is 1. The Morgan fingerprint density at radius 1 is 1.14 bits per heavy atom. The molecule has 0 amide bonds. The van der Waals surface area contributed by atoms with Crippen LogP contribution in [-0.4, -0.2) is 33.7 Å². The van der Waals surface area contributed by atoms with Gasteiger partial charge in [-0.2, -0.15) is 0 Å². The summed E-state index contributed by atoms with van der Waals surface area (Å²) in [7, 11) is 0. The van der Waals surface area contributed by atoms with Crippen molar-refractivity contribution in [2.45, 2.75) is 33.9 Å². The number of guanidine groups is 1. The molecule has 0 aliphatic heterocycles. The minimum Gasteiger partial charge on any atom is -0.494 e. The van der Waals surface area contributed by atoms with Gasteiger partial charge in [-0.05, 0) is 50.1 Å². The Hall–Kier alpha value is -2.36. The molecule has 0 saturated heterocycles. The molecule has 0 fully saturated rings. The van der Waals surface area contributed by atoms with Crippen molar-refractivity contribution in [2.75, 3.05) is 13.2 Å². The van der Waals surface area contributed by atoms with E-state index in [-0.39, 0.29) is 24.0 Å². The zero-order valence-corrected chi connectivity index (χ0v) is 18.8. The number of fused-ring (bicyclic) bond motifs is 1. The number of halogens is 1. The topological polar surface area (TPSA) is 75.8 Å². The van der Waals surface area contributed by atoms with Crippen molar-refractivity contribution in [3.05, 3.63) is 59.5 Å². The van der Waals surface area contributed by atoms with Crippen molar-refractivity contribution in [2.24, 2.45) is 4.99 Å². The fraction of sp³-hybridized carbons (Fsp3) is 0.350. The molecule has 0 unspecified atom stereocenters. The Balaban J connectivity index is 0.00000280. The van der Waals surface area contributed by atoms with Crippen LogP contribution in [0.25, 0.3) is 5.65 Å². The first kappa shape index (κ1) is 21.9. The molecule has 3 rings (SSSR count). The maximum Gasteiger partial charge on any atom is 0.191 e. The molecule has 0 saturated carbocycles. The summed E-state index contributed by atoms with van der Waals surface area (Å²) >= 11 is 0. The number of nitrogens with zero attached hydrogens (tertiary/aromatic N) is 4. The molecule has 7 nitrogen and oxygen atoms in total. The second-order valence-electron chi connectivity index (χ2n) is 6.13. The van der Waals surface area contributed by atoms with Gasteiger partial charge in [-0.1, -0.05) is 18.2 Å². The summed E-state index contributed by atoms with van der Waals surface area (Å²) in [5.41, 5.74) is 3.10. The molecular weight excluding hydrogens is 467 g/mol. The Labute approximate surface area is 182 Å². The van der Waals surface area contributed by atoms with E-state index in [1.165, 1.54) is 0 Å². The third-order valence-electron chi connectivity index (χ3n) is 4.10. The third-order valence-corrected chi connectivity index (χ3v) is 4.10. The van der Waals surface area contributed by atoms with E-state index in [9.17, 15) is 0 Å².